The lowest BCUT2D eigenvalue weighted by molar-refractivity contribution is -0.140. The van der Waals surface area contributed by atoms with Gasteiger partial charge < -0.3 is 15.0 Å². The molecule has 1 atom stereocenters. The van der Waals surface area contributed by atoms with E-state index in [2.05, 4.69) is 5.32 Å². The highest BCUT2D eigenvalue weighted by Gasteiger charge is 2.35. The highest BCUT2D eigenvalue weighted by Crippen LogP contribution is 2.34. The van der Waals surface area contributed by atoms with E-state index >= 15 is 0 Å². The van der Waals surface area contributed by atoms with Gasteiger partial charge in [0.1, 0.15) is 18.3 Å². The third-order valence-corrected chi connectivity index (χ3v) is 9.36. The minimum atomic E-state index is -4.26. The van der Waals surface area contributed by atoms with Crippen molar-refractivity contribution in [3.8, 4) is 5.75 Å². The summed E-state index contributed by atoms with van der Waals surface area (Å²) in [6, 6.07) is 27.1. The standard InChI is InChI=1S/C35H38ClN3O5S/c1-5-37-35(41)32(22-27-10-7-6-8-11-27)38(23-28-12-9-13-29(36)21-28)34(40)24-39(31-20-26(3)16-19-33(31)44-4)45(42,43)30-17-14-25(2)15-18-30/h6-21,32H,5,22-24H2,1-4H3,(H,37,41). The number of ether oxygens (including phenoxy) is 1. The highest BCUT2D eigenvalue weighted by molar-refractivity contribution is 7.92. The first-order chi connectivity index (χ1) is 21.5. The van der Waals surface area contributed by atoms with Crippen molar-refractivity contribution in [1.29, 1.82) is 0 Å². The Kier molecular flexibility index (Phi) is 11.3. The molecular formula is C35H38ClN3O5S. The van der Waals surface area contributed by atoms with Crippen LogP contribution >= 0.6 is 11.6 Å². The molecule has 0 aliphatic heterocycles. The van der Waals surface area contributed by atoms with Crippen LogP contribution in [0.5, 0.6) is 5.75 Å². The molecule has 2 amide bonds. The Morgan fingerprint density at radius 2 is 1.53 bits per heavy atom. The Balaban J connectivity index is 1.85. The number of likely N-dealkylation sites (N-methyl/N-ethyl adjacent to an activating group) is 1. The SMILES string of the molecule is CCNC(=O)C(Cc1ccccc1)N(Cc1cccc(Cl)c1)C(=O)CN(c1cc(C)ccc1OC)S(=O)(=O)c1ccc(C)cc1. The number of hydrogen-bond donors (Lipinski definition) is 1. The summed E-state index contributed by atoms with van der Waals surface area (Å²) in [4.78, 5) is 29.6. The number of carbonyl (C=O) groups excluding carboxylic acids is 2. The fraction of sp³-hybridized carbons (Fsp3) is 0.257. The van der Waals surface area contributed by atoms with Crippen molar-refractivity contribution in [2.45, 2.75) is 44.7 Å². The molecule has 0 saturated carbocycles. The summed E-state index contributed by atoms with van der Waals surface area (Å²) < 4.78 is 35.2. The molecule has 0 aromatic heterocycles. The summed E-state index contributed by atoms with van der Waals surface area (Å²) in [5.74, 6) is -0.630. The quantitative estimate of drug-likeness (QED) is 0.194. The molecule has 236 valence electrons. The van der Waals surface area contributed by atoms with Crippen molar-refractivity contribution < 1.29 is 22.7 Å². The summed E-state index contributed by atoms with van der Waals surface area (Å²) in [6.07, 6.45) is 0.220. The van der Waals surface area contributed by atoms with E-state index in [1.165, 1.54) is 24.1 Å². The molecule has 8 nitrogen and oxygen atoms in total. The number of hydrogen-bond acceptors (Lipinski definition) is 5. The molecule has 45 heavy (non-hydrogen) atoms. The van der Waals surface area contributed by atoms with Crippen molar-refractivity contribution >= 4 is 39.1 Å². The minimum Gasteiger partial charge on any atom is -0.495 e. The van der Waals surface area contributed by atoms with E-state index in [-0.39, 0.29) is 35.2 Å². The molecule has 1 N–H and O–H groups in total. The number of halogens is 1. The number of amides is 2. The van der Waals surface area contributed by atoms with Crippen molar-refractivity contribution in [3.05, 3.63) is 124 Å². The Morgan fingerprint density at radius 1 is 0.867 bits per heavy atom. The number of anilines is 1. The molecule has 4 rings (SSSR count). The first kappa shape index (κ1) is 33.6. The number of carbonyl (C=O) groups is 2. The normalized spacial score (nSPS) is 11.8. The summed E-state index contributed by atoms with van der Waals surface area (Å²) in [7, 11) is -2.81. The fourth-order valence-corrected chi connectivity index (χ4v) is 6.65. The Morgan fingerprint density at radius 3 is 2.18 bits per heavy atom. The van der Waals surface area contributed by atoms with Gasteiger partial charge in [-0.15, -0.1) is 0 Å². The first-order valence-corrected chi connectivity index (χ1v) is 16.4. The van der Waals surface area contributed by atoms with Crippen molar-refractivity contribution in [3.63, 3.8) is 0 Å². The van der Waals surface area contributed by atoms with E-state index in [9.17, 15) is 18.0 Å². The molecule has 0 saturated heterocycles. The minimum absolute atomic E-state index is 0.0235. The number of rotatable bonds is 13. The largest absolute Gasteiger partial charge is 0.495 e. The van der Waals surface area contributed by atoms with Crippen molar-refractivity contribution in [2.75, 3.05) is 24.5 Å². The molecule has 4 aromatic rings. The molecule has 10 heteroatoms. The van der Waals surface area contributed by atoms with Gasteiger partial charge in [-0.25, -0.2) is 8.42 Å². The van der Waals surface area contributed by atoms with Crippen LogP contribution in [0.2, 0.25) is 5.02 Å². The molecule has 0 fully saturated rings. The fourth-order valence-electron chi connectivity index (χ4n) is 5.02. The lowest BCUT2D eigenvalue weighted by Gasteiger charge is -2.34. The van der Waals surface area contributed by atoms with Crippen LogP contribution in [0.3, 0.4) is 0 Å². The van der Waals surface area contributed by atoms with Gasteiger partial charge in [-0.2, -0.15) is 0 Å². The van der Waals surface area contributed by atoms with Crippen LogP contribution < -0.4 is 14.4 Å². The van der Waals surface area contributed by atoms with E-state index in [1.807, 2.05) is 50.2 Å². The third kappa shape index (κ3) is 8.44. The Bertz CT molecular complexity index is 1730. The van der Waals surface area contributed by atoms with E-state index in [4.69, 9.17) is 16.3 Å². The lowest BCUT2D eigenvalue weighted by Crippen LogP contribution is -2.53. The number of methoxy groups -OCH3 is 1. The van der Waals surface area contributed by atoms with E-state index in [0.29, 0.717) is 17.1 Å². The molecule has 0 aliphatic carbocycles. The molecule has 0 aliphatic rings. The molecule has 4 aromatic carbocycles. The second kappa shape index (κ2) is 15.1. The van der Waals surface area contributed by atoms with Crippen LogP contribution in [0.15, 0.2) is 102 Å². The predicted molar refractivity (Wildman–Crippen MR) is 178 cm³/mol. The maximum Gasteiger partial charge on any atom is 0.264 e. The van der Waals surface area contributed by atoms with Crippen LogP contribution in [0.25, 0.3) is 0 Å². The maximum absolute atomic E-state index is 14.5. The van der Waals surface area contributed by atoms with Crippen LogP contribution in [-0.4, -0.2) is 51.4 Å². The Hall–Kier alpha value is -4.34. The van der Waals surface area contributed by atoms with E-state index in [1.54, 1.807) is 55.5 Å². The van der Waals surface area contributed by atoms with Gasteiger partial charge in [-0.3, -0.25) is 13.9 Å². The number of benzene rings is 4. The van der Waals surface area contributed by atoms with Crippen molar-refractivity contribution in [2.24, 2.45) is 0 Å². The van der Waals surface area contributed by atoms with E-state index in [0.717, 1.165) is 21.0 Å². The van der Waals surface area contributed by atoms with Gasteiger partial charge in [0.2, 0.25) is 11.8 Å². The van der Waals surface area contributed by atoms with Crippen molar-refractivity contribution in [1.82, 2.24) is 10.2 Å². The smallest absolute Gasteiger partial charge is 0.264 e. The molecule has 0 bridgehead atoms. The molecule has 1 unspecified atom stereocenters. The van der Waals surface area contributed by atoms with Gasteiger partial charge in [0, 0.05) is 24.5 Å². The maximum atomic E-state index is 14.5. The number of sulfonamides is 1. The highest BCUT2D eigenvalue weighted by atomic mass is 35.5. The van der Waals surface area contributed by atoms with E-state index < -0.39 is 28.5 Å². The number of nitrogens with one attached hydrogen (secondary N) is 1. The monoisotopic (exact) mass is 647 g/mol. The summed E-state index contributed by atoms with van der Waals surface area (Å²) >= 11 is 6.30. The van der Waals surface area contributed by atoms with Gasteiger partial charge >= 0.3 is 0 Å². The number of aryl methyl sites for hydroxylation is 2. The average Bonchev–Trinajstić information content (AvgIpc) is 3.02. The summed E-state index contributed by atoms with van der Waals surface area (Å²) in [5.41, 5.74) is 3.43. The zero-order valence-corrected chi connectivity index (χ0v) is 27.4. The second-order valence-corrected chi connectivity index (χ2v) is 13.1. The van der Waals surface area contributed by atoms with Crippen LogP contribution in [-0.2, 0) is 32.6 Å². The van der Waals surface area contributed by atoms with Gasteiger partial charge in [-0.05, 0) is 73.9 Å². The molecular weight excluding hydrogens is 610 g/mol. The van der Waals surface area contributed by atoms with Gasteiger partial charge in [0.15, 0.2) is 0 Å². The van der Waals surface area contributed by atoms with Crippen LogP contribution in [0.1, 0.15) is 29.2 Å². The molecule has 0 radical (unpaired) electrons. The molecule has 0 spiro atoms. The summed E-state index contributed by atoms with van der Waals surface area (Å²) in [6.45, 7) is 5.30. The average molecular weight is 648 g/mol. The first-order valence-electron chi connectivity index (χ1n) is 14.6. The second-order valence-electron chi connectivity index (χ2n) is 10.8. The Labute approximate surface area is 270 Å². The zero-order valence-electron chi connectivity index (χ0n) is 25.9. The van der Waals surface area contributed by atoms with Crippen LogP contribution in [0.4, 0.5) is 5.69 Å². The topological polar surface area (TPSA) is 96.0 Å². The van der Waals surface area contributed by atoms with Crippen LogP contribution in [0, 0.1) is 13.8 Å². The van der Waals surface area contributed by atoms with Gasteiger partial charge in [0.25, 0.3) is 10.0 Å². The predicted octanol–water partition coefficient (Wildman–Crippen LogP) is 5.94. The molecule has 0 heterocycles. The summed E-state index contributed by atoms with van der Waals surface area (Å²) in [5, 5.41) is 3.34. The zero-order chi connectivity index (χ0) is 32.6. The third-order valence-electron chi connectivity index (χ3n) is 7.35. The number of nitrogens with zero attached hydrogens (tertiary/aromatic N) is 2. The van der Waals surface area contributed by atoms with Gasteiger partial charge in [-0.1, -0.05) is 77.8 Å². The van der Waals surface area contributed by atoms with Gasteiger partial charge in [0.05, 0.1) is 17.7 Å². The lowest BCUT2D eigenvalue weighted by atomic mass is 10.0.